The minimum Gasteiger partial charge on any atom is -0.437 e. The molecule has 1 aromatic heterocycles. The van der Waals surface area contributed by atoms with Crippen molar-refractivity contribution < 1.29 is 9.53 Å². The number of aromatic nitrogens is 2. The highest BCUT2D eigenvalue weighted by Gasteiger charge is 2.21. The van der Waals surface area contributed by atoms with Crippen LogP contribution in [0.1, 0.15) is 21.6 Å². The van der Waals surface area contributed by atoms with Crippen molar-refractivity contribution in [3.63, 3.8) is 0 Å². The molecule has 0 bridgehead atoms. The predicted molar refractivity (Wildman–Crippen MR) is 94.9 cm³/mol. The van der Waals surface area contributed by atoms with Crippen molar-refractivity contribution in [1.29, 1.82) is 0 Å². The number of aliphatic imine (C=N–C) groups is 1. The fourth-order valence-electron chi connectivity index (χ4n) is 2.71. The molecule has 0 radical (unpaired) electrons. The van der Waals surface area contributed by atoms with E-state index in [1.807, 2.05) is 31.2 Å². The van der Waals surface area contributed by atoms with Crippen molar-refractivity contribution in [3.8, 4) is 11.6 Å². The molecule has 5 nitrogen and oxygen atoms in total. The van der Waals surface area contributed by atoms with E-state index in [1.54, 1.807) is 36.7 Å². The normalized spacial score (nSPS) is 12.4. The first-order valence-corrected chi connectivity index (χ1v) is 7.96. The summed E-state index contributed by atoms with van der Waals surface area (Å²) in [6.07, 6.45) is 3.77. The monoisotopic (exact) mass is 329 g/mol. The van der Waals surface area contributed by atoms with E-state index in [0.717, 1.165) is 11.3 Å². The van der Waals surface area contributed by atoms with E-state index >= 15 is 0 Å². The van der Waals surface area contributed by atoms with Gasteiger partial charge in [-0.25, -0.2) is 9.98 Å². The molecule has 0 atom stereocenters. The Labute approximate surface area is 145 Å². The zero-order valence-electron chi connectivity index (χ0n) is 13.6. The summed E-state index contributed by atoms with van der Waals surface area (Å²) in [6, 6.07) is 14.8. The maximum atomic E-state index is 12.6. The largest absolute Gasteiger partial charge is 0.437 e. The first-order chi connectivity index (χ1) is 12.2. The van der Waals surface area contributed by atoms with Crippen molar-refractivity contribution in [2.75, 3.05) is 0 Å². The summed E-state index contributed by atoms with van der Waals surface area (Å²) in [5.41, 5.74) is 3.84. The van der Waals surface area contributed by atoms with Crippen LogP contribution in [0.3, 0.4) is 0 Å². The third-order valence-corrected chi connectivity index (χ3v) is 4.03. The van der Waals surface area contributed by atoms with Gasteiger partial charge in [0, 0.05) is 24.4 Å². The average Bonchev–Trinajstić information content (AvgIpc) is 3.08. The number of benzene rings is 2. The molecule has 5 heteroatoms. The Morgan fingerprint density at radius 3 is 2.52 bits per heavy atom. The van der Waals surface area contributed by atoms with Crippen LogP contribution in [0, 0.1) is 6.92 Å². The molecule has 0 saturated heterocycles. The molecule has 25 heavy (non-hydrogen) atoms. The van der Waals surface area contributed by atoms with Gasteiger partial charge < -0.3 is 4.74 Å². The number of hydrogen-bond acceptors (Lipinski definition) is 5. The molecule has 122 valence electrons. The quantitative estimate of drug-likeness (QED) is 0.676. The van der Waals surface area contributed by atoms with Gasteiger partial charge in [-0.15, -0.1) is 0 Å². The van der Waals surface area contributed by atoms with Crippen molar-refractivity contribution in [1.82, 2.24) is 9.97 Å². The van der Waals surface area contributed by atoms with Gasteiger partial charge in [0.15, 0.2) is 0 Å². The van der Waals surface area contributed by atoms with E-state index in [-0.39, 0.29) is 5.78 Å². The van der Waals surface area contributed by atoms with Crippen LogP contribution in [0.25, 0.3) is 0 Å². The molecular weight excluding hydrogens is 314 g/mol. The second-order valence-corrected chi connectivity index (χ2v) is 5.77. The number of carbonyl (C=O) groups is 1. The van der Waals surface area contributed by atoms with Crippen LogP contribution in [-0.4, -0.2) is 21.5 Å². The average molecular weight is 329 g/mol. The number of hydrogen-bond donors (Lipinski definition) is 0. The Balaban J connectivity index is 1.51. The van der Waals surface area contributed by atoms with Crippen LogP contribution < -0.4 is 4.74 Å². The Kier molecular flexibility index (Phi) is 3.82. The van der Waals surface area contributed by atoms with Crippen LogP contribution in [0.5, 0.6) is 11.6 Å². The highest BCUT2D eigenvalue weighted by molar-refractivity contribution is 6.47. The lowest BCUT2D eigenvalue weighted by Gasteiger charge is -2.07. The number of Topliss-reactive ketones (excluding diaryl/α,β-unsaturated/α-hetero) is 1. The number of fused-ring (bicyclic) bond motifs is 1. The van der Waals surface area contributed by atoms with Gasteiger partial charge in [-0.2, -0.15) is 0 Å². The summed E-state index contributed by atoms with van der Waals surface area (Å²) in [7, 11) is 0. The molecule has 2 aromatic carbocycles. The van der Waals surface area contributed by atoms with Gasteiger partial charge >= 0.3 is 0 Å². The van der Waals surface area contributed by atoms with Crippen LogP contribution >= 0.6 is 0 Å². The van der Waals surface area contributed by atoms with E-state index in [4.69, 9.17) is 4.74 Å². The molecular formula is C20H15N3O2. The molecule has 1 aliphatic rings. The minimum atomic E-state index is -0.0570. The van der Waals surface area contributed by atoms with E-state index in [0.29, 0.717) is 35.0 Å². The molecule has 0 N–H and O–H groups in total. The number of aryl methyl sites for hydroxylation is 1. The molecule has 3 aromatic rings. The van der Waals surface area contributed by atoms with E-state index < -0.39 is 0 Å². The maximum Gasteiger partial charge on any atom is 0.240 e. The Morgan fingerprint density at radius 2 is 1.76 bits per heavy atom. The number of ether oxygens (including phenoxy) is 1. The molecule has 4 rings (SSSR count). The third-order valence-electron chi connectivity index (χ3n) is 4.03. The van der Waals surface area contributed by atoms with E-state index in [1.165, 1.54) is 0 Å². The molecule has 0 unspecified atom stereocenters. The van der Waals surface area contributed by atoms with Gasteiger partial charge in [0.1, 0.15) is 5.75 Å². The van der Waals surface area contributed by atoms with Crippen LogP contribution in [0.2, 0.25) is 0 Å². The van der Waals surface area contributed by atoms with Gasteiger partial charge in [-0.3, -0.25) is 9.78 Å². The standard InChI is InChI=1S/C20H15N3O2/c1-13-20(22-11-10-21-13)25-16-8-6-14(7-9-16)19(24)18-12-15-4-2-3-5-17(15)23-18/h2-11H,12H2,1H3. The number of rotatable bonds is 4. The molecule has 0 fully saturated rings. The van der Waals surface area contributed by atoms with Gasteiger partial charge in [0.2, 0.25) is 11.7 Å². The van der Waals surface area contributed by atoms with Crippen LogP contribution in [0.15, 0.2) is 65.9 Å². The summed E-state index contributed by atoms with van der Waals surface area (Å²) in [4.78, 5) is 25.4. The van der Waals surface area contributed by atoms with Crippen molar-refractivity contribution in [2.24, 2.45) is 4.99 Å². The lowest BCUT2D eigenvalue weighted by atomic mass is 10.0. The number of nitrogens with zero attached hydrogens (tertiary/aromatic N) is 3. The fraction of sp³-hybridized carbons (Fsp3) is 0.100. The summed E-state index contributed by atoms with van der Waals surface area (Å²) in [6.45, 7) is 1.83. The van der Waals surface area contributed by atoms with Crippen LogP contribution in [-0.2, 0) is 6.42 Å². The number of ketones is 1. The molecule has 0 saturated carbocycles. The van der Waals surface area contributed by atoms with Crippen molar-refractivity contribution >= 4 is 17.2 Å². The van der Waals surface area contributed by atoms with Gasteiger partial charge in [-0.1, -0.05) is 18.2 Å². The highest BCUT2D eigenvalue weighted by atomic mass is 16.5. The highest BCUT2D eigenvalue weighted by Crippen LogP contribution is 2.28. The van der Waals surface area contributed by atoms with Crippen molar-refractivity contribution in [3.05, 3.63) is 77.7 Å². The first-order valence-electron chi connectivity index (χ1n) is 7.96. The summed E-state index contributed by atoms with van der Waals surface area (Å²) in [5.74, 6) is 1.01. The Bertz CT molecular complexity index is 978. The maximum absolute atomic E-state index is 12.6. The molecule has 1 aliphatic heterocycles. The zero-order chi connectivity index (χ0) is 17.2. The molecule has 2 heterocycles. The smallest absolute Gasteiger partial charge is 0.240 e. The third kappa shape index (κ3) is 3.04. The lowest BCUT2D eigenvalue weighted by molar-refractivity contribution is 0.106. The lowest BCUT2D eigenvalue weighted by Crippen LogP contribution is -2.14. The Morgan fingerprint density at radius 1 is 1.00 bits per heavy atom. The van der Waals surface area contributed by atoms with E-state index in [2.05, 4.69) is 15.0 Å². The second-order valence-electron chi connectivity index (χ2n) is 5.77. The predicted octanol–water partition coefficient (Wildman–Crippen LogP) is 4.09. The van der Waals surface area contributed by atoms with Gasteiger partial charge in [0.05, 0.1) is 17.1 Å². The topological polar surface area (TPSA) is 64.4 Å². The first kappa shape index (κ1) is 15.2. The number of para-hydroxylation sites is 1. The minimum absolute atomic E-state index is 0.0570. The second kappa shape index (κ2) is 6.28. The molecule has 0 aliphatic carbocycles. The molecule has 0 spiro atoms. The number of carbonyl (C=O) groups excluding carboxylic acids is 1. The van der Waals surface area contributed by atoms with Crippen molar-refractivity contribution in [2.45, 2.75) is 13.3 Å². The Hall–Kier alpha value is -3.34. The van der Waals surface area contributed by atoms with Gasteiger partial charge in [0.25, 0.3) is 0 Å². The SMILES string of the molecule is Cc1nccnc1Oc1ccc(C(=O)C2=Nc3ccccc3C2)cc1. The van der Waals surface area contributed by atoms with E-state index in [9.17, 15) is 4.79 Å². The molecule has 0 amide bonds. The van der Waals surface area contributed by atoms with Crippen LogP contribution in [0.4, 0.5) is 5.69 Å². The summed E-state index contributed by atoms with van der Waals surface area (Å²) >= 11 is 0. The fourth-order valence-corrected chi connectivity index (χ4v) is 2.71. The summed E-state index contributed by atoms with van der Waals surface area (Å²) in [5, 5.41) is 0. The zero-order valence-corrected chi connectivity index (χ0v) is 13.6. The van der Waals surface area contributed by atoms with Gasteiger partial charge in [-0.05, 0) is 42.8 Å². The summed E-state index contributed by atoms with van der Waals surface area (Å²) < 4.78 is 5.70.